The zero-order valence-electron chi connectivity index (χ0n) is 5.95. The van der Waals surface area contributed by atoms with E-state index in [-0.39, 0.29) is 0 Å². The molecule has 0 amide bonds. The van der Waals surface area contributed by atoms with E-state index in [2.05, 4.69) is 13.2 Å². The molecule has 0 aromatic heterocycles. The van der Waals surface area contributed by atoms with Crippen molar-refractivity contribution in [1.82, 2.24) is 0 Å². The van der Waals surface area contributed by atoms with Gasteiger partial charge in [-0.05, 0) is 0 Å². The average molecular weight is 149 g/mol. The van der Waals surface area contributed by atoms with Crippen molar-refractivity contribution in [2.75, 3.05) is 19.8 Å². The fraction of sp³-hybridized carbons (Fsp3) is 0.667. The predicted molar refractivity (Wildman–Crippen MR) is 39.4 cm³/mol. The molecule has 0 bridgehead atoms. The van der Waals surface area contributed by atoms with Gasteiger partial charge in [0.1, 0.15) is 0 Å². The van der Waals surface area contributed by atoms with E-state index in [4.69, 9.17) is 21.1 Å². The summed E-state index contributed by atoms with van der Waals surface area (Å²) in [7, 11) is 0. The summed E-state index contributed by atoms with van der Waals surface area (Å²) >= 11 is 0. The van der Waals surface area contributed by atoms with Crippen molar-refractivity contribution >= 4 is 0 Å². The van der Waals surface area contributed by atoms with Gasteiger partial charge in [-0.1, -0.05) is 0 Å². The van der Waals surface area contributed by atoms with Crippen LogP contribution < -0.4 is 5.73 Å². The highest BCUT2D eigenvalue weighted by Crippen LogP contribution is 1.93. The van der Waals surface area contributed by atoms with E-state index in [1.807, 2.05) is 0 Å². The fourth-order valence-corrected chi connectivity index (χ4v) is 0.150. The molecule has 0 saturated carbocycles. The highest BCUT2D eigenvalue weighted by atomic mass is 16.3. The number of aliphatic hydroxyl groups is 3. The predicted octanol–water partition coefficient (Wildman–Crippen LogP) is -1.54. The van der Waals surface area contributed by atoms with E-state index in [0.29, 0.717) is 0 Å². The van der Waals surface area contributed by atoms with Crippen molar-refractivity contribution < 1.29 is 15.3 Å². The summed E-state index contributed by atoms with van der Waals surface area (Å²) in [6, 6.07) is 0. The Balaban J connectivity index is 0. The minimum atomic E-state index is -1.21. The minimum absolute atomic E-state index is 0.403. The molecule has 4 nitrogen and oxygen atoms in total. The van der Waals surface area contributed by atoms with Gasteiger partial charge < -0.3 is 21.1 Å². The molecule has 0 atom stereocenters. The first-order valence-electron chi connectivity index (χ1n) is 2.80. The average Bonchev–Trinajstić information content (AvgIpc) is 2.07. The number of hydrogen-bond acceptors (Lipinski definition) is 4. The molecule has 0 spiro atoms. The molecule has 0 unspecified atom stereocenters. The van der Waals surface area contributed by atoms with E-state index in [9.17, 15) is 0 Å². The van der Waals surface area contributed by atoms with Crippen molar-refractivity contribution in [2.24, 2.45) is 5.73 Å². The number of nitrogens with two attached hydrogens (primary N) is 1. The fourth-order valence-electron chi connectivity index (χ4n) is 0.150. The third-order valence-electron chi connectivity index (χ3n) is 0.945. The Morgan fingerprint density at radius 1 is 1.00 bits per heavy atom. The molecule has 0 aliphatic heterocycles. The van der Waals surface area contributed by atoms with E-state index >= 15 is 0 Å². The van der Waals surface area contributed by atoms with Gasteiger partial charge in [-0.3, -0.25) is 0 Å². The summed E-state index contributed by atoms with van der Waals surface area (Å²) in [5.74, 6) is 0. The Bertz CT molecular complexity index is 65.1. The molecule has 62 valence electrons. The second-order valence-corrected chi connectivity index (χ2v) is 1.84. The number of hydrogen-bond donors (Lipinski definition) is 4. The lowest BCUT2D eigenvalue weighted by Crippen LogP contribution is -2.50. The summed E-state index contributed by atoms with van der Waals surface area (Å²) in [5.41, 5.74) is 3.94. The molecule has 0 aliphatic carbocycles. The van der Waals surface area contributed by atoms with Crippen molar-refractivity contribution in [1.29, 1.82) is 0 Å². The van der Waals surface area contributed by atoms with Crippen LogP contribution in [-0.2, 0) is 0 Å². The molecule has 0 aliphatic rings. The largest absolute Gasteiger partial charge is 0.394 e. The van der Waals surface area contributed by atoms with E-state index in [1.54, 1.807) is 0 Å². The van der Waals surface area contributed by atoms with Crippen LogP contribution >= 0.6 is 0 Å². The summed E-state index contributed by atoms with van der Waals surface area (Å²) in [4.78, 5) is 0. The Morgan fingerprint density at radius 3 is 1.20 bits per heavy atom. The number of aliphatic hydroxyl groups excluding tert-OH is 3. The molecule has 0 fully saturated rings. The lowest BCUT2D eigenvalue weighted by atomic mass is 10.1. The van der Waals surface area contributed by atoms with Crippen LogP contribution in [0.2, 0.25) is 0 Å². The molecule has 0 rings (SSSR count). The summed E-state index contributed by atoms with van der Waals surface area (Å²) in [5, 5.41) is 25.0. The van der Waals surface area contributed by atoms with Crippen molar-refractivity contribution in [3.63, 3.8) is 0 Å². The molecule has 5 N–H and O–H groups in total. The third kappa shape index (κ3) is 4.46. The van der Waals surface area contributed by atoms with E-state index in [0.717, 1.165) is 0 Å². The third-order valence-corrected chi connectivity index (χ3v) is 0.945. The first kappa shape index (κ1) is 12.3. The number of rotatable bonds is 3. The van der Waals surface area contributed by atoms with Gasteiger partial charge in [0, 0.05) is 0 Å². The molecular formula is C6H15NO3. The van der Waals surface area contributed by atoms with Gasteiger partial charge >= 0.3 is 0 Å². The maximum absolute atomic E-state index is 8.34. The van der Waals surface area contributed by atoms with E-state index in [1.165, 1.54) is 0 Å². The molecular weight excluding hydrogens is 134 g/mol. The molecule has 10 heavy (non-hydrogen) atoms. The van der Waals surface area contributed by atoms with Crippen LogP contribution in [0, 0.1) is 0 Å². The maximum atomic E-state index is 8.34. The van der Waals surface area contributed by atoms with Crippen LogP contribution in [0.15, 0.2) is 13.2 Å². The summed E-state index contributed by atoms with van der Waals surface area (Å²) < 4.78 is 0. The van der Waals surface area contributed by atoms with Gasteiger partial charge in [0.15, 0.2) is 0 Å². The van der Waals surface area contributed by atoms with Crippen LogP contribution in [0.4, 0.5) is 0 Å². The van der Waals surface area contributed by atoms with Crippen LogP contribution in [0.5, 0.6) is 0 Å². The smallest absolute Gasteiger partial charge is 0.0856 e. The second-order valence-electron chi connectivity index (χ2n) is 1.84. The van der Waals surface area contributed by atoms with Crippen LogP contribution in [0.1, 0.15) is 0 Å². The van der Waals surface area contributed by atoms with Gasteiger partial charge in [-0.15, -0.1) is 13.2 Å². The molecule has 0 aromatic rings. The topological polar surface area (TPSA) is 86.7 Å². The first-order chi connectivity index (χ1) is 4.68. The van der Waals surface area contributed by atoms with Crippen molar-refractivity contribution in [3.8, 4) is 0 Å². The van der Waals surface area contributed by atoms with Gasteiger partial charge in [0.05, 0.1) is 25.4 Å². The lowest BCUT2D eigenvalue weighted by Gasteiger charge is -2.20. The maximum Gasteiger partial charge on any atom is 0.0856 e. The highest BCUT2D eigenvalue weighted by Gasteiger charge is 2.20. The van der Waals surface area contributed by atoms with Gasteiger partial charge in [0.2, 0.25) is 0 Å². The SMILES string of the molecule is C=C.NC(CO)(CO)CO. The van der Waals surface area contributed by atoms with Crippen molar-refractivity contribution in [3.05, 3.63) is 13.2 Å². The second kappa shape index (κ2) is 6.70. The monoisotopic (exact) mass is 149 g/mol. The first-order valence-corrected chi connectivity index (χ1v) is 2.80. The summed E-state index contributed by atoms with van der Waals surface area (Å²) in [6.45, 7) is 4.79. The lowest BCUT2D eigenvalue weighted by molar-refractivity contribution is 0.0698. The molecule has 0 aromatic carbocycles. The van der Waals surface area contributed by atoms with Crippen LogP contribution in [0.25, 0.3) is 0 Å². The van der Waals surface area contributed by atoms with Crippen molar-refractivity contribution in [2.45, 2.75) is 5.54 Å². The quantitative estimate of drug-likeness (QED) is 0.366. The molecule has 0 radical (unpaired) electrons. The Morgan fingerprint density at radius 2 is 1.20 bits per heavy atom. The standard InChI is InChI=1S/C4H11NO3.C2H4/c5-4(1-6,2-7)3-8;1-2/h6-8H,1-3,5H2;1-2H2. The summed E-state index contributed by atoms with van der Waals surface area (Å²) in [6.07, 6.45) is 0. The van der Waals surface area contributed by atoms with Crippen LogP contribution in [-0.4, -0.2) is 40.7 Å². The van der Waals surface area contributed by atoms with E-state index < -0.39 is 25.4 Å². The highest BCUT2D eigenvalue weighted by molar-refractivity contribution is 4.80. The van der Waals surface area contributed by atoms with Gasteiger partial charge in [-0.2, -0.15) is 0 Å². The molecule has 0 saturated heterocycles. The zero-order chi connectivity index (χ0) is 8.62. The Kier molecular flexibility index (Phi) is 8.22. The minimum Gasteiger partial charge on any atom is -0.394 e. The van der Waals surface area contributed by atoms with Gasteiger partial charge in [0.25, 0.3) is 0 Å². The van der Waals surface area contributed by atoms with Crippen LogP contribution in [0.3, 0.4) is 0 Å². The zero-order valence-corrected chi connectivity index (χ0v) is 5.95. The van der Waals surface area contributed by atoms with Gasteiger partial charge in [-0.25, -0.2) is 0 Å². The Hall–Kier alpha value is -0.420. The normalized spacial score (nSPS) is 10.0. The Labute approximate surface area is 60.6 Å². The molecule has 4 heteroatoms. The molecule has 0 heterocycles.